The zero-order valence-electron chi connectivity index (χ0n) is 5.30. The van der Waals surface area contributed by atoms with Crippen molar-refractivity contribution in [2.24, 2.45) is 29.6 Å². The van der Waals surface area contributed by atoms with Crippen molar-refractivity contribution in [2.45, 2.75) is 19.8 Å². The molecule has 4 fully saturated rings. The summed E-state index contributed by atoms with van der Waals surface area (Å²) in [6.07, 6.45) is 3.15. The topological polar surface area (TPSA) is 0 Å². The van der Waals surface area contributed by atoms with Crippen molar-refractivity contribution in [1.82, 2.24) is 0 Å². The van der Waals surface area contributed by atoms with Crippen LogP contribution in [-0.4, -0.2) is 0 Å². The zero-order valence-corrected chi connectivity index (χ0v) is 5.30. The van der Waals surface area contributed by atoms with E-state index in [1.807, 2.05) is 0 Å². The molecule has 0 radical (unpaired) electrons. The van der Waals surface area contributed by atoms with E-state index in [9.17, 15) is 0 Å². The summed E-state index contributed by atoms with van der Waals surface area (Å²) in [6.45, 7) is 2.41. The summed E-state index contributed by atoms with van der Waals surface area (Å²) in [7, 11) is 0. The van der Waals surface area contributed by atoms with E-state index < -0.39 is 0 Å². The van der Waals surface area contributed by atoms with Gasteiger partial charge in [-0.05, 0) is 42.4 Å². The number of rotatable bonds is 0. The molecule has 0 unspecified atom stereocenters. The molecule has 4 saturated carbocycles. The lowest BCUT2D eigenvalue weighted by Gasteiger charge is -2.24. The zero-order chi connectivity index (χ0) is 5.30. The average Bonchev–Trinajstić information content (AvgIpc) is 2.53. The van der Waals surface area contributed by atoms with Gasteiger partial charge in [-0.25, -0.2) is 0 Å². The monoisotopic (exact) mass is 108 g/mol. The van der Waals surface area contributed by atoms with Gasteiger partial charge in [0.15, 0.2) is 0 Å². The van der Waals surface area contributed by atoms with E-state index in [0.29, 0.717) is 0 Å². The molecule has 0 amide bonds. The van der Waals surface area contributed by atoms with Crippen molar-refractivity contribution in [3.05, 3.63) is 0 Å². The molecule has 0 aromatic rings. The van der Waals surface area contributed by atoms with Gasteiger partial charge in [-0.3, -0.25) is 0 Å². The van der Waals surface area contributed by atoms with Crippen molar-refractivity contribution in [1.29, 1.82) is 0 Å². The standard InChI is InChI=1S/C8H12/c1-4-2-5-7-6(3-4)8(5)7/h4-8H,2-3H2,1H3. The molecule has 44 valence electrons. The van der Waals surface area contributed by atoms with Crippen LogP contribution in [0.5, 0.6) is 0 Å². The van der Waals surface area contributed by atoms with Gasteiger partial charge in [0.25, 0.3) is 0 Å². The number of fused-ring (bicyclic) bond motifs is 2. The normalized spacial score (nSPS) is 73.9. The van der Waals surface area contributed by atoms with Crippen LogP contribution in [-0.2, 0) is 0 Å². The first kappa shape index (κ1) is 3.92. The van der Waals surface area contributed by atoms with Crippen LogP contribution in [0.15, 0.2) is 0 Å². The largest absolute Gasteiger partial charge is 0.0625 e. The first-order chi connectivity index (χ1) is 3.88. The van der Waals surface area contributed by atoms with Gasteiger partial charge in [-0.1, -0.05) is 6.92 Å². The third-order valence-corrected chi connectivity index (χ3v) is 3.49. The maximum atomic E-state index is 2.41. The third kappa shape index (κ3) is 0.260. The summed E-state index contributed by atoms with van der Waals surface area (Å²) in [5.74, 6) is 6.10. The molecule has 0 aromatic carbocycles. The Balaban J connectivity index is 1.85. The highest BCUT2D eigenvalue weighted by Gasteiger charge is 2.74. The van der Waals surface area contributed by atoms with Gasteiger partial charge in [-0.2, -0.15) is 0 Å². The van der Waals surface area contributed by atoms with Gasteiger partial charge >= 0.3 is 0 Å². The summed E-state index contributed by atoms with van der Waals surface area (Å²) in [5.41, 5.74) is 0. The van der Waals surface area contributed by atoms with Gasteiger partial charge in [0, 0.05) is 0 Å². The Bertz CT molecular complexity index is 115. The minimum atomic E-state index is 1.08. The molecule has 0 aromatic heterocycles. The molecule has 0 nitrogen and oxygen atoms in total. The smallest absolute Gasteiger partial charge is 0.0318 e. The van der Waals surface area contributed by atoms with Gasteiger partial charge in [0.05, 0.1) is 0 Å². The molecule has 0 heteroatoms. The molecule has 2 bridgehead atoms. The molecule has 0 N–H and O–H groups in total. The number of hydrogen-bond acceptors (Lipinski definition) is 0. The van der Waals surface area contributed by atoms with Crippen LogP contribution in [0.4, 0.5) is 0 Å². The van der Waals surface area contributed by atoms with Crippen LogP contribution in [0, 0.1) is 29.6 Å². The Morgan fingerprint density at radius 2 is 1.50 bits per heavy atom. The van der Waals surface area contributed by atoms with E-state index in [1.54, 1.807) is 12.8 Å². The Labute approximate surface area is 50.3 Å². The average molecular weight is 108 g/mol. The highest BCUT2D eigenvalue weighted by molar-refractivity contribution is 5.22. The predicted molar refractivity (Wildman–Crippen MR) is 32.4 cm³/mol. The summed E-state index contributed by atoms with van der Waals surface area (Å²) >= 11 is 0. The van der Waals surface area contributed by atoms with Crippen molar-refractivity contribution < 1.29 is 0 Å². The van der Waals surface area contributed by atoms with Crippen LogP contribution in [0.3, 0.4) is 0 Å². The second-order valence-corrected chi connectivity index (χ2v) is 4.06. The van der Waals surface area contributed by atoms with Gasteiger partial charge in [0.2, 0.25) is 0 Å². The van der Waals surface area contributed by atoms with E-state index >= 15 is 0 Å². The first-order valence-corrected chi connectivity index (χ1v) is 3.88. The SMILES string of the molecule is CC1CC2C3C(C1)C23. The molecule has 0 aliphatic heterocycles. The lowest BCUT2D eigenvalue weighted by atomic mass is 9.81. The maximum absolute atomic E-state index is 2.41. The molecule has 4 rings (SSSR count). The molecule has 0 atom stereocenters. The molecule has 0 spiro atoms. The van der Waals surface area contributed by atoms with E-state index in [2.05, 4.69) is 6.92 Å². The molecule has 0 heterocycles. The van der Waals surface area contributed by atoms with Crippen molar-refractivity contribution in [3.63, 3.8) is 0 Å². The first-order valence-electron chi connectivity index (χ1n) is 3.88. The van der Waals surface area contributed by atoms with Crippen LogP contribution >= 0.6 is 0 Å². The summed E-state index contributed by atoms with van der Waals surface area (Å²) in [6, 6.07) is 0. The predicted octanol–water partition coefficient (Wildman–Crippen LogP) is 1.91. The quantitative estimate of drug-likeness (QED) is 0.444. The lowest BCUT2D eigenvalue weighted by Crippen LogP contribution is -2.15. The van der Waals surface area contributed by atoms with Crippen molar-refractivity contribution in [3.8, 4) is 0 Å². The summed E-state index contributed by atoms with van der Waals surface area (Å²) in [5, 5.41) is 0. The lowest BCUT2D eigenvalue weighted by molar-refractivity contribution is 0.258. The highest BCUT2D eigenvalue weighted by Crippen LogP contribution is 2.79. The van der Waals surface area contributed by atoms with Gasteiger partial charge in [-0.15, -0.1) is 0 Å². The van der Waals surface area contributed by atoms with E-state index in [0.717, 1.165) is 5.92 Å². The van der Waals surface area contributed by atoms with E-state index in [1.165, 1.54) is 23.7 Å². The second-order valence-electron chi connectivity index (χ2n) is 4.06. The minimum absolute atomic E-state index is 1.08. The Hall–Kier alpha value is 0. The summed E-state index contributed by atoms with van der Waals surface area (Å²) in [4.78, 5) is 0. The maximum Gasteiger partial charge on any atom is -0.0318 e. The Morgan fingerprint density at radius 3 is 1.88 bits per heavy atom. The fourth-order valence-corrected chi connectivity index (χ4v) is 3.00. The summed E-state index contributed by atoms with van der Waals surface area (Å²) < 4.78 is 0. The van der Waals surface area contributed by atoms with Crippen molar-refractivity contribution in [2.75, 3.05) is 0 Å². The van der Waals surface area contributed by atoms with Gasteiger partial charge in [0.1, 0.15) is 0 Å². The van der Waals surface area contributed by atoms with E-state index in [4.69, 9.17) is 0 Å². The molecular formula is C8H12. The van der Waals surface area contributed by atoms with Crippen LogP contribution in [0.25, 0.3) is 0 Å². The van der Waals surface area contributed by atoms with Crippen LogP contribution < -0.4 is 0 Å². The second kappa shape index (κ2) is 0.872. The molecular weight excluding hydrogens is 96.1 g/mol. The van der Waals surface area contributed by atoms with Crippen LogP contribution in [0.2, 0.25) is 0 Å². The Kier molecular flexibility index (Phi) is 0.427. The third-order valence-electron chi connectivity index (χ3n) is 3.49. The Morgan fingerprint density at radius 1 is 1.00 bits per heavy atom. The highest BCUT2D eigenvalue weighted by atomic mass is 14.8. The van der Waals surface area contributed by atoms with Crippen molar-refractivity contribution >= 4 is 0 Å². The van der Waals surface area contributed by atoms with Gasteiger partial charge < -0.3 is 0 Å². The molecule has 4 aliphatic rings. The molecule has 0 saturated heterocycles. The van der Waals surface area contributed by atoms with Crippen LogP contribution in [0.1, 0.15) is 19.8 Å². The molecule has 8 heavy (non-hydrogen) atoms. The fourth-order valence-electron chi connectivity index (χ4n) is 3.00. The minimum Gasteiger partial charge on any atom is -0.0625 e. The van der Waals surface area contributed by atoms with E-state index in [-0.39, 0.29) is 0 Å². The molecule has 4 aliphatic carbocycles. The fraction of sp³-hybridized carbons (Fsp3) is 1.00. The number of hydrogen-bond donors (Lipinski definition) is 0.